The van der Waals surface area contributed by atoms with Gasteiger partial charge in [-0.3, -0.25) is 4.79 Å². The van der Waals surface area contributed by atoms with Crippen LogP contribution in [0.15, 0.2) is 66.9 Å². The molecule has 1 heterocycles. The average Bonchev–Trinajstić information content (AvgIpc) is 2.71. The highest BCUT2D eigenvalue weighted by molar-refractivity contribution is 6.03. The molecule has 0 aliphatic carbocycles. The summed E-state index contributed by atoms with van der Waals surface area (Å²) in [5, 5.41) is 2.86. The van der Waals surface area contributed by atoms with E-state index >= 15 is 0 Å². The van der Waals surface area contributed by atoms with Crippen molar-refractivity contribution in [1.29, 1.82) is 0 Å². The molecule has 3 aromatic rings. The summed E-state index contributed by atoms with van der Waals surface area (Å²) in [5.74, 6) is 0.798. The maximum atomic E-state index is 12.7. The zero-order chi connectivity index (χ0) is 19.1. The molecule has 0 saturated carbocycles. The first kappa shape index (κ1) is 18.4. The first-order chi connectivity index (χ1) is 13.2. The molecule has 0 fully saturated rings. The second kappa shape index (κ2) is 8.80. The van der Waals surface area contributed by atoms with Gasteiger partial charge in [0, 0.05) is 18.4 Å². The van der Waals surface area contributed by atoms with E-state index < -0.39 is 0 Å². The number of carbonyl (C=O) groups excluding carboxylic acids is 1. The molecule has 3 rings (SSSR count). The number of aromatic nitrogens is 2. The topological polar surface area (TPSA) is 67.3 Å². The number of benzene rings is 2. The highest BCUT2D eigenvalue weighted by Gasteiger charge is 2.15. The van der Waals surface area contributed by atoms with E-state index in [1.165, 1.54) is 0 Å². The van der Waals surface area contributed by atoms with Crippen LogP contribution in [0.4, 0.5) is 17.3 Å². The molecule has 1 amide bonds. The van der Waals surface area contributed by atoms with Gasteiger partial charge in [-0.1, -0.05) is 30.3 Å². The van der Waals surface area contributed by atoms with E-state index in [-0.39, 0.29) is 5.91 Å². The minimum absolute atomic E-state index is 0.292. The normalized spacial score (nSPS) is 10.3. The number of hydrogen-bond acceptors (Lipinski definition) is 5. The maximum Gasteiger partial charge on any atom is 0.274 e. The van der Waals surface area contributed by atoms with Crippen molar-refractivity contribution in [2.45, 2.75) is 13.8 Å². The molecule has 0 aliphatic rings. The summed E-state index contributed by atoms with van der Waals surface area (Å²) < 4.78 is 5.56. The minimum Gasteiger partial charge on any atom is -0.492 e. The Hall–Kier alpha value is -3.41. The number of hydrogen-bond donors (Lipinski definition) is 1. The van der Waals surface area contributed by atoms with Crippen LogP contribution in [-0.4, -0.2) is 29.0 Å². The van der Waals surface area contributed by atoms with Crippen LogP contribution in [0.3, 0.4) is 0 Å². The molecule has 0 saturated heterocycles. The van der Waals surface area contributed by atoms with Gasteiger partial charge in [0.1, 0.15) is 11.4 Å². The van der Waals surface area contributed by atoms with E-state index in [0.717, 1.165) is 5.69 Å². The Balaban J connectivity index is 1.84. The molecule has 138 valence electrons. The Bertz CT molecular complexity index is 899. The summed E-state index contributed by atoms with van der Waals surface area (Å²) in [4.78, 5) is 23.4. The van der Waals surface area contributed by atoms with Crippen molar-refractivity contribution in [3.05, 3.63) is 72.6 Å². The van der Waals surface area contributed by atoms with Crippen molar-refractivity contribution in [1.82, 2.24) is 9.97 Å². The van der Waals surface area contributed by atoms with E-state index in [1.54, 1.807) is 18.3 Å². The lowest BCUT2D eigenvalue weighted by Gasteiger charge is -2.21. The van der Waals surface area contributed by atoms with Crippen molar-refractivity contribution < 1.29 is 9.53 Å². The monoisotopic (exact) mass is 362 g/mol. The molecule has 0 atom stereocenters. The fourth-order valence-corrected chi connectivity index (χ4v) is 2.69. The zero-order valence-electron chi connectivity index (χ0n) is 15.4. The molecular weight excluding hydrogens is 340 g/mol. The largest absolute Gasteiger partial charge is 0.492 e. The second-order valence-electron chi connectivity index (χ2n) is 5.70. The number of anilines is 3. The van der Waals surface area contributed by atoms with Gasteiger partial charge in [-0.05, 0) is 44.2 Å². The molecule has 6 nitrogen and oxygen atoms in total. The maximum absolute atomic E-state index is 12.7. The SMILES string of the molecule is CCOc1ccccc1NC(=O)c1ccnc(N(CC)c2ccccc2)n1. The standard InChI is InChI=1S/C21H22N4O2/c1-3-25(16-10-6-5-7-11-16)21-22-15-14-18(24-21)20(26)23-17-12-8-9-13-19(17)27-4-2/h5-15H,3-4H2,1-2H3,(H,23,26). The fraction of sp³-hybridized carbons (Fsp3) is 0.190. The molecule has 2 aromatic carbocycles. The molecule has 6 heteroatoms. The van der Waals surface area contributed by atoms with Gasteiger partial charge >= 0.3 is 0 Å². The summed E-state index contributed by atoms with van der Waals surface area (Å²) in [6, 6.07) is 18.8. The summed E-state index contributed by atoms with van der Waals surface area (Å²) >= 11 is 0. The quantitative estimate of drug-likeness (QED) is 0.679. The molecule has 1 aromatic heterocycles. The van der Waals surface area contributed by atoms with E-state index in [4.69, 9.17) is 4.74 Å². The molecule has 0 unspecified atom stereocenters. The van der Waals surface area contributed by atoms with Gasteiger partial charge in [-0.15, -0.1) is 0 Å². The number of rotatable bonds is 7. The van der Waals surface area contributed by atoms with Crippen LogP contribution in [-0.2, 0) is 0 Å². The van der Waals surface area contributed by atoms with Crippen molar-refractivity contribution in [3.8, 4) is 5.75 Å². The van der Waals surface area contributed by atoms with Crippen molar-refractivity contribution in [2.24, 2.45) is 0 Å². The first-order valence-corrected chi connectivity index (χ1v) is 8.91. The van der Waals surface area contributed by atoms with Gasteiger partial charge in [0.15, 0.2) is 0 Å². The Kier molecular flexibility index (Phi) is 5.99. The van der Waals surface area contributed by atoms with Crippen molar-refractivity contribution in [3.63, 3.8) is 0 Å². The number of ether oxygens (including phenoxy) is 1. The molecule has 1 N–H and O–H groups in total. The highest BCUT2D eigenvalue weighted by Crippen LogP contribution is 2.25. The predicted molar refractivity (Wildman–Crippen MR) is 107 cm³/mol. The van der Waals surface area contributed by atoms with Gasteiger partial charge in [0.2, 0.25) is 5.95 Å². The van der Waals surface area contributed by atoms with Crippen molar-refractivity contribution >= 4 is 23.2 Å². The van der Waals surface area contributed by atoms with Gasteiger partial charge in [0.05, 0.1) is 12.3 Å². The Morgan fingerprint density at radius 2 is 1.78 bits per heavy atom. The third kappa shape index (κ3) is 4.41. The van der Waals surface area contributed by atoms with E-state index in [9.17, 15) is 4.79 Å². The summed E-state index contributed by atoms with van der Waals surface area (Å²) in [6.07, 6.45) is 1.59. The van der Waals surface area contributed by atoms with E-state index in [0.29, 0.717) is 36.2 Å². The predicted octanol–water partition coefficient (Wildman–Crippen LogP) is 4.29. The molecule has 0 radical (unpaired) electrons. The Morgan fingerprint density at radius 1 is 1.04 bits per heavy atom. The molecule has 27 heavy (non-hydrogen) atoms. The lowest BCUT2D eigenvalue weighted by Crippen LogP contribution is -2.21. The molecule has 0 aliphatic heterocycles. The lowest BCUT2D eigenvalue weighted by molar-refractivity contribution is 0.102. The van der Waals surface area contributed by atoms with E-state index in [2.05, 4.69) is 15.3 Å². The van der Waals surface area contributed by atoms with Crippen LogP contribution in [0.1, 0.15) is 24.3 Å². The van der Waals surface area contributed by atoms with Gasteiger partial charge in [-0.25, -0.2) is 9.97 Å². The first-order valence-electron chi connectivity index (χ1n) is 8.91. The second-order valence-corrected chi connectivity index (χ2v) is 5.70. The average molecular weight is 362 g/mol. The Labute approximate surface area is 158 Å². The van der Waals surface area contributed by atoms with Gasteiger partial charge in [0.25, 0.3) is 5.91 Å². The van der Waals surface area contributed by atoms with Crippen LogP contribution in [0, 0.1) is 0 Å². The van der Waals surface area contributed by atoms with Gasteiger partial charge < -0.3 is 15.0 Å². The fourth-order valence-electron chi connectivity index (χ4n) is 2.69. The zero-order valence-corrected chi connectivity index (χ0v) is 15.4. The van der Waals surface area contributed by atoms with E-state index in [1.807, 2.05) is 67.3 Å². The van der Waals surface area contributed by atoms with Crippen molar-refractivity contribution in [2.75, 3.05) is 23.4 Å². The Morgan fingerprint density at radius 3 is 2.52 bits per heavy atom. The number of para-hydroxylation sites is 3. The highest BCUT2D eigenvalue weighted by atomic mass is 16.5. The van der Waals surface area contributed by atoms with Gasteiger partial charge in [-0.2, -0.15) is 0 Å². The smallest absolute Gasteiger partial charge is 0.274 e. The third-order valence-electron chi connectivity index (χ3n) is 3.94. The minimum atomic E-state index is -0.310. The summed E-state index contributed by atoms with van der Waals surface area (Å²) in [6.45, 7) is 5.12. The summed E-state index contributed by atoms with van der Waals surface area (Å²) in [7, 11) is 0. The number of amides is 1. The molecule has 0 spiro atoms. The molecular formula is C21H22N4O2. The third-order valence-corrected chi connectivity index (χ3v) is 3.94. The van der Waals surface area contributed by atoms with Crippen LogP contribution in [0.5, 0.6) is 5.75 Å². The number of nitrogens with one attached hydrogen (secondary N) is 1. The summed E-state index contributed by atoms with van der Waals surface area (Å²) in [5.41, 5.74) is 1.87. The van der Waals surface area contributed by atoms with Crippen LogP contribution in [0.2, 0.25) is 0 Å². The number of nitrogens with zero attached hydrogens (tertiary/aromatic N) is 3. The van der Waals surface area contributed by atoms with Crippen LogP contribution >= 0.6 is 0 Å². The van der Waals surface area contributed by atoms with Crippen LogP contribution in [0.25, 0.3) is 0 Å². The molecule has 0 bridgehead atoms. The van der Waals surface area contributed by atoms with Crippen LogP contribution < -0.4 is 15.0 Å². The lowest BCUT2D eigenvalue weighted by atomic mass is 10.2. The number of carbonyl (C=O) groups is 1.